The van der Waals surface area contributed by atoms with Crippen LogP contribution in [0.1, 0.15) is 5.01 Å². The first-order valence-electron chi connectivity index (χ1n) is 4.15. The van der Waals surface area contributed by atoms with Gasteiger partial charge in [-0.3, -0.25) is 0 Å². The Balaban J connectivity index is 0.00000112. The highest BCUT2D eigenvalue weighted by molar-refractivity contribution is 7.11. The Morgan fingerprint density at radius 3 is 2.60 bits per heavy atom. The number of aliphatic imine (C=N–C) groups is 1. The van der Waals surface area contributed by atoms with E-state index < -0.39 is 0 Å². The van der Waals surface area contributed by atoms with Gasteiger partial charge in [-0.25, -0.2) is 9.98 Å². The summed E-state index contributed by atoms with van der Waals surface area (Å²) in [4.78, 5) is 8.32. The van der Waals surface area contributed by atoms with Crippen LogP contribution in [-0.2, 0) is 0 Å². The third kappa shape index (κ3) is 3.04. The lowest BCUT2D eigenvalue weighted by Crippen LogP contribution is -2.11. The number of amidine groups is 1. The number of halogens is 1. The molecule has 0 saturated heterocycles. The van der Waals surface area contributed by atoms with Gasteiger partial charge in [-0.2, -0.15) is 0 Å². The van der Waals surface area contributed by atoms with E-state index in [4.69, 9.17) is 5.73 Å². The molecule has 2 rings (SSSR count). The number of benzene rings is 1. The van der Waals surface area contributed by atoms with E-state index in [2.05, 4.69) is 9.98 Å². The molecule has 1 aromatic carbocycles. The van der Waals surface area contributed by atoms with Crippen molar-refractivity contribution < 1.29 is 0 Å². The Morgan fingerprint density at radius 1 is 1.27 bits per heavy atom. The van der Waals surface area contributed by atoms with Gasteiger partial charge < -0.3 is 5.73 Å². The van der Waals surface area contributed by atoms with Crippen molar-refractivity contribution in [3.8, 4) is 0 Å². The fourth-order valence-electron chi connectivity index (χ4n) is 1.04. The second kappa shape index (κ2) is 5.48. The Labute approximate surface area is 98.1 Å². The number of rotatable bonds is 2. The van der Waals surface area contributed by atoms with Crippen molar-refractivity contribution in [3.05, 3.63) is 46.9 Å². The van der Waals surface area contributed by atoms with Crippen LogP contribution in [0.25, 0.3) is 0 Å². The van der Waals surface area contributed by atoms with Gasteiger partial charge in [-0.05, 0) is 12.1 Å². The van der Waals surface area contributed by atoms with Gasteiger partial charge in [-0.15, -0.1) is 23.7 Å². The Bertz CT molecular complexity index is 425. The molecule has 0 radical (unpaired) electrons. The minimum absolute atomic E-state index is 0. The number of hydrogen-bond donors (Lipinski definition) is 1. The normalized spacial score (nSPS) is 10.8. The van der Waals surface area contributed by atoms with Crippen LogP contribution in [-0.4, -0.2) is 10.8 Å². The summed E-state index contributed by atoms with van der Waals surface area (Å²) in [6, 6.07) is 9.60. The number of nitrogens with zero attached hydrogens (tertiary/aromatic N) is 2. The molecule has 0 fully saturated rings. The van der Waals surface area contributed by atoms with E-state index in [-0.39, 0.29) is 12.4 Å². The molecule has 0 saturated carbocycles. The summed E-state index contributed by atoms with van der Waals surface area (Å²) in [6.45, 7) is 0. The van der Waals surface area contributed by atoms with E-state index in [1.165, 1.54) is 11.3 Å². The summed E-state index contributed by atoms with van der Waals surface area (Å²) >= 11 is 1.48. The maximum atomic E-state index is 5.77. The largest absolute Gasteiger partial charge is 0.381 e. The summed E-state index contributed by atoms with van der Waals surface area (Å²) in [6.07, 6.45) is 1.72. The van der Waals surface area contributed by atoms with Gasteiger partial charge in [0.05, 0.1) is 5.69 Å². The van der Waals surface area contributed by atoms with E-state index in [0.717, 1.165) is 10.7 Å². The molecule has 15 heavy (non-hydrogen) atoms. The first-order chi connectivity index (χ1) is 6.86. The lowest BCUT2D eigenvalue weighted by Gasteiger charge is -1.95. The van der Waals surface area contributed by atoms with Crippen LogP contribution in [0.5, 0.6) is 0 Å². The molecule has 3 nitrogen and oxygen atoms in total. The minimum Gasteiger partial charge on any atom is -0.381 e. The SMILES string of the molecule is Cl.NC(=Nc1ccccc1)c1nccs1. The topological polar surface area (TPSA) is 51.3 Å². The molecule has 2 aromatic rings. The molecule has 0 bridgehead atoms. The third-order valence-electron chi connectivity index (χ3n) is 1.66. The van der Waals surface area contributed by atoms with Gasteiger partial charge >= 0.3 is 0 Å². The van der Waals surface area contributed by atoms with Gasteiger partial charge in [0.15, 0.2) is 10.8 Å². The zero-order valence-electron chi connectivity index (χ0n) is 7.83. The molecule has 0 aliphatic carbocycles. The van der Waals surface area contributed by atoms with Crippen LogP contribution >= 0.6 is 23.7 Å². The molecule has 0 unspecified atom stereocenters. The summed E-state index contributed by atoms with van der Waals surface area (Å²) in [7, 11) is 0. The van der Waals surface area contributed by atoms with Crippen LogP contribution in [0.15, 0.2) is 46.9 Å². The van der Waals surface area contributed by atoms with E-state index in [9.17, 15) is 0 Å². The zero-order valence-corrected chi connectivity index (χ0v) is 9.46. The highest BCUT2D eigenvalue weighted by Gasteiger charge is 1.99. The number of aromatic nitrogens is 1. The average Bonchev–Trinajstić information content (AvgIpc) is 2.72. The number of thiazole rings is 1. The van der Waals surface area contributed by atoms with Crippen molar-refractivity contribution in [1.82, 2.24) is 4.98 Å². The summed E-state index contributed by atoms with van der Waals surface area (Å²) in [5.41, 5.74) is 6.62. The van der Waals surface area contributed by atoms with Gasteiger partial charge in [0.25, 0.3) is 0 Å². The predicted molar refractivity (Wildman–Crippen MR) is 66.2 cm³/mol. The van der Waals surface area contributed by atoms with Crippen LogP contribution in [0, 0.1) is 0 Å². The van der Waals surface area contributed by atoms with E-state index >= 15 is 0 Å². The number of nitrogens with two attached hydrogens (primary N) is 1. The van der Waals surface area contributed by atoms with Crippen molar-refractivity contribution in [3.63, 3.8) is 0 Å². The monoisotopic (exact) mass is 239 g/mol. The second-order valence-corrected chi connectivity index (χ2v) is 3.56. The van der Waals surface area contributed by atoms with Gasteiger partial charge in [0.1, 0.15) is 0 Å². The Kier molecular flexibility index (Phi) is 4.27. The van der Waals surface area contributed by atoms with E-state index in [0.29, 0.717) is 5.84 Å². The fourth-order valence-corrected chi connectivity index (χ4v) is 1.58. The summed E-state index contributed by atoms with van der Waals surface area (Å²) in [5, 5.41) is 2.64. The molecule has 0 aliphatic rings. The molecule has 1 aromatic heterocycles. The van der Waals surface area contributed by atoms with Gasteiger partial charge in [-0.1, -0.05) is 18.2 Å². The number of para-hydroxylation sites is 1. The zero-order chi connectivity index (χ0) is 9.80. The van der Waals surface area contributed by atoms with Crippen molar-refractivity contribution in [2.75, 3.05) is 0 Å². The second-order valence-electron chi connectivity index (χ2n) is 2.67. The van der Waals surface area contributed by atoms with Crippen molar-refractivity contribution in [2.45, 2.75) is 0 Å². The van der Waals surface area contributed by atoms with Crippen molar-refractivity contribution >= 4 is 35.3 Å². The first-order valence-corrected chi connectivity index (χ1v) is 5.03. The molecule has 0 spiro atoms. The summed E-state index contributed by atoms with van der Waals surface area (Å²) < 4.78 is 0. The lowest BCUT2D eigenvalue weighted by molar-refractivity contribution is 1.35. The smallest absolute Gasteiger partial charge is 0.160 e. The van der Waals surface area contributed by atoms with Crippen LogP contribution in [0.2, 0.25) is 0 Å². The van der Waals surface area contributed by atoms with E-state index in [1.807, 2.05) is 35.7 Å². The van der Waals surface area contributed by atoms with E-state index in [1.54, 1.807) is 6.20 Å². The molecule has 1 heterocycles. The molecule has 0 aliphatic heterocycles. The number of hydrogen-bond acceptors (Lipinski definition) is 3. The Hall–Kier alpha value is -1.39. The molecule has 78 valence electrons. The molecule has 2 N–H and O–H groups in total. The van der Waals surface area contributed by atoms with Crippen LogP contribution in [0.3, 0.4) is 0 Å². The molecular formula is C10H10ClN3S. The van der Waals surface area contributed by atoms with Crippen LogP contribution in [0.4, 0.5) is 5.69 Å². The van der Waals surface area contributed by atoms with Crippen molar-refractivity contribution in [1.29, 1.82) is 0 Å². The first kappa shape index (κ1) is 11.7. The van der Waals surface area contributed by atoms with Gasteiger partial charge in [0.2, 0.25) is 0 Å². The maximum Gasteiger partial charge on any atom is 0.160 e. The average molecular weight is 240 g/mol. The van der Waals surface area contributed by atoms with Crippen LogP contribution < -0.4 is 5.73 Å². The highest BCUT2D eigenvalue weighted by Crippen LogP contribution is 2.12. The lowest BCUT2D eigenvalue weighted by atomic mass is 10.3. The third-order valence-corrected chi connectivity index (χ3v) is 2.45. The quantitative estimate of drug-likeness (QED) is 0.647. The molecule has 5 heteroatoms. The van der Waals surface area contributed by atoms with Gasteiger partial charge in [0, 0.05) is 11.6 Å². The molecule has 0 atom stereocenters. The predicted octanol–water partition coefficient (Wildman–Crippen LogP) is 2.60. The summed E-state index contributed by atoms with van der Waals surface area (Å²) in [5.74, 6) is 0.464. The Morgan fingerprint density at radius 2 is 2.00 bits per heavy atom. The molecular weight excluding hydrogens is 230 g/mol. The minimum atomic E-state index is 0. The maximum absolute atomic E-state index is 5.77. The standard InChI is InChI=1S/C10H9N3S.ClH/c11-9(10-12-6-7-14-10)13-8-4-2-1-3-5-8;/h1-7H,(H2,11,13);1H. The van der Waals surface area contributed by atoms with Crippen molar-refractivity contribution in [2.24, 2.45) is 10.7 Å². The highest BCUT2D eigenvalue weighted by atomic mass is 35.5. The fraction of sp³-hybridized carbons (Fsp3) is 0. The molecule has 0 amide bonds.